The summed E-state index contributed by atoms with van der Waals surface area (Å²) in [4.78, 5) is 12.4. The van der Waals surface area contributed by atoms with Gasteiger partial charge >= 0.3 is 0 Å². The first-order valence-corrected chi connectivity index (χ1v) is 9.82. The van der Waals surface area contributed by atoms with Crippen molar-refractivity contribution in [3.8, 4) is 0 Å². The number of amides is 1. The molecule has 1 heterocycles. The number of benzene rings is 1. The average Bonchev–Trinajstić information content (AvgIpc) is 3.03. The van der Waals surface area contributed by atoms with Gasteiger partial charge in [-0.05, 0) is 24.6 Å². The van der Waals surface area contributed by atoms with E-state index < -0.39 is 9.84 Å². The van der Waals surface area contributed by atoms with E-state index >= 15 is 0 Å². The molecular formula is C18H23NO4S. The number of unbranched alkanes of at least 4 members (excludes halogenated alkanes) is 3. The van der Waals surface area contributed by atoms with Gasteiger partial charge in [-0.2, -0.15) is 0 Å². The van der Waals surface area contributed by atoms with Crippen molar-refractivity contribution in [1.82, 2.24) is 5.32 Å². The second kappa shape index (κ2) is 8.68. The Morgan fingerprint density at radius 2 is 1.83 bits per heavy atom. The first kappa shape index (κ1) is 18.3. The fourth-order valence-electron chi connectivity index (χ4n) is 2.40. The number of hydrogen-bond donors (Lipinski definition) is 1. The van der Waals surface area contributed by atoms with Gasteiger partial charge in [0.05, 0.1) is 16.9 Å². The first-order valence-electron chi connectivity index (χ1n) is 8.17. The number of carbonyl (C=O) groups excluding carboxylic acids is 1. The Labute approximate surface area is 143 Å². The normalized spacial score (nSPS) is 11.4. The second-order valence-corrected chi connectivity index (χ2v) is 7.65. The molecule has 1 aromatic heterocycles. The molecular weight excluding hydrogens is 326 g/mol. The van der Waals surface area contributed by atoms with Gasteiger partial charge in [-0.25, -0.2) is 8.42 Å². The van der Waals surface area contributed by atoms with Crippen LogP contribution in [-0.2, 0) is 15.6 Å². The first-order chi connectivity index (χ1) is 11.5. The monoisotopic (exact) mass is 349 g/mol. The van der Waals surface area contributed by atoms with E-state index in [1.807, 2.05) is 0 Å². The molecule has 24 heavy (non-hydrogen) atoms. The van der Waals surface area contributed by atoms with Crippen LogP contribution in [-0.4, -0.2) is 20.9 Å². The highest BCUT2D eigenvalue weighted by Crippen LogP contribution is 2.19. The van der Waals surface area contributed by atoms with Gasteiger partial charge in [0.15, 0.2) is 15.6 Å². The molecule has 1 amide bonds. The molecule has 0 atom stereocenters. The van der Waals surface area contributed by atoms with Crippen molar-refractivity contribution in [2.75, 3.05) is 6.54 Å². The lowest BCUT2D eigenvalue weighted by atomic mass is 10.2. The van der Waals surface area contributed by atoms with Gasteiger partial charge in [0, 0.05) is 12.1 Å². The number of carbonyl (C=O) groups is 1. The van der Waals surface area contributed by atoms with Crippen molar-refractivity contribution in [3.05, 3.63) is 54.0 Å². The largest absolute Gasteiger partial charge is 0.459 e. The number of nitrogens with one attached hydrogen (secondary N) is 1. The number of rotatable bonds is 9. The van der Waals surface area contributed by atoms with Crippen LogP contribution in [0.15, 0.2) is 52.0 Å². The Bertz CT molecular complexity index is 750. The second-order valence-electron chi connectivity index (χ2n) is 5.66. The van der Waals surface area contributed by atoms with Crippen molar-refractivity contribution in [2.45, 2.75) is 43.3 Å². The van der Waals surface area contributed by atoms with Crippen molar-refractivity contribution in [1.29, 1.82) is 0 Å². The maximum Gasteiger partial charge on any atom is 0.287 e. The molecule has 0 saturated heterocycles. The molecule has 2 rings (SSSR count). The molecule has 1 aromatic carbocycles. The summed E-state index contributed by atoms with van der Waals surface area (Å²) in [7, 11) is -3.51. The van der Waals surface area contributed by atoms with Gasteiger partial charge in [-0.15, -0.1) is 0 Å². The number of sulfone groups is 1. The summed E-state index contributed by atoms with van der Waals surface area (Å²) >= 11 is 0. The van der Waals surface area contributed by atoms with E-state index in [0.717, 1.165) is 25.7 Å². The minimum Gasteiger partial charge on any atom is -0.459 e. The highest BCUT2D eigenvalue weighted by molar-refractivity contribution is 7.90. The van der Waals surface area contributed by atoms with Crippen LogP contribution >= 0.6 is 0 Å². The van der Waals surface area contributed by atoms with Gasteiger partial charge in [0.1, 0.15) is 0 Å². The molecule has 0 aliphatic rings. The summed E-state index contributed by atoms with van der Waals surface area (Å²) in [5.74, 6) is -0.550. The van der Waals surface area contributed by atoms with E-state index in [1.54, 1.807) is 30.3 Å². The van der Waals surface area contributed by atoms with E-state index in [-0.39, 0.29) is 22.3 Å². The van der Waals surface area contributed by atoms with Gasteiger partial charge < -0.3 is 9.73 Å². The molecule has 0 aliphatic carbocycles. The third kappa shape index (κ3) is 4.96. The molecule has 0 radical (unpaired) electrons. The molecule has 130 valence electrons. The summed E-state index contributed by atoms with van der Waals surface area (Å²) < 4.78 is 30.1. The summed E-state index contributed by atoms with van der Waals surface area (Å²) in [6.07, 6.45) is 5.58. The van der Waals surface area contributed by atoms with Crippen LogP contribution in [0.25, 0.3) is 0 Å². The number of hydrogen-bond acceptors (Lipinski definition) is 4. The molecule has 0 spiro atoms. The third-order valence-electron chi connectivity index (χ3n) is 3.72. The Kier molecular flexibility index (Phi) is 6.61. The summed E-state index contributed by atoms with van der Waals surface area (Å²) in [5.41, 5.74) is 0.380. The van der Waals surface area contributed by atoms with Crippen LogP contribution in [0.3, 0.4) is 0 Å². The highest BCUT2D eigenvalue weighted by atomic mass is 32.2. The molecule has 0 fully saturated rings. The predicted octanol–water partition coefficient (Wildman–Crippen LogP) is 3.56. The molecule has 0 aliphatic heterocycles. The Hall–Kier alpha value is -2.08. The SMILES string of the molecule is CCCCCCNC(=O)c1occc1CS(=O)(=O)c1ccccc1. The predicted molar refractivity (Wildman–Crippen MR) is 92.5 cm³/mol. The van der Waals surface area contributed by atoms with Crippen molar-refractivity contribution >= 4 is 15.7 Å². The Balaban J connectivity index is 2.01. The maximum atomic E-state index is 12.4. The zero-order chi connectivity index (χ0) is 17.4. The fraction of sp³-hybridized carbons (Fsp3) is 0.389. The van der Waals surface area contributed by atoms with E-state index in [0.29, 0.717) is 12.1 Å². The van der Waals surface area contributed by atoms with Crippen molar-refractivity contribution in [3.63, 3.8) is 0 Å². The van der Waals surface area contributed by atoms with E-state index in [9.17, 15) is 13.2 Å². The fourth-order valence-corrected chi connectivity index (χ4v) is 3.77. The average molecular weight is 349 g/mol. The van der Waals surface area contributed by atoms with Crippen LogP contribution in [0.4, 0.5) is 0 Å². The van der Waals surface area contributed by atoms with Gasteiger partial charge in [0.2, 0.25) is 0 Å². The molecule has 1 N–H and O–H groups in total. The minimum absolute atomic E-state index is 0.0741. The summed E-state index contributed by atoms with van der Waals surface area (Å²) in [6, 6.07) is 9.73. The van der Waals surface area contributed by atoms with E-state index in [4.69, 9.17) is 4.42 Å². The van der Waals surface area contributed by atoms with Crippen LogP contribution in [0.1, 0.15) is 48.7 Å². The molecule has 0 unspecified atom stereocenters. The van der Waals surface area contributed by atoms with Crippen molar-refractivity contribution in [2.24, 2.45) is 0 Å². The van der Waals surface area contributed by atoms with E-state index in [1.165, 1.54) is 12.3 Å². The molecule has 5 nitrogen and oxygen atoms in total. The van der Waals surface area contributed by atoms with E-state index in [2.05, 4.69) is 12.2 Å². The lowest BCUT2D eigenvalue weighted by Gasteiger charge is -2.06. The van der Waals surface area contributed by atoms with Gasteiger partial charge in [-0.3, -0.25) is 4.79 Å². The molecule has 0 saturated carbocycles. The lowest BCUT2D eigenvalue weighted by molar-refractivity contribution is 0.0924. The summed E-state index contributed by atoms with van der Waals surface area (Å²) in [5, 5.41) is 2.78. The molecule has 6 heteroatoms. The smallest absolute Gasteiger partial charge is 0.287 e. The Morgan fingerprint density at radius 3 is 2.54 bits per heavy atom. The third-order valence-corrected chi connectivity index (χ3v) is 5.40. The van der Waals surface area contributed by atoms with Crippen LogP contribution in [0.5, 0.6) is 0 Å². The Morgan fingerprint density at radius 1 is 1.08 bits per heavy atom. The van der Waals surface area contributed by atoms with Crippen LogP contribution in [0, 0.1) is 0 Å². The summed E-state index contributed by atoms with van der Waals surface area (Å²) in [6.45, 7) is 2.69. The van der Waals surface area contributed by atoms with Gasteiger partial charge in [0.25, 0.3) is 5.91 Å². The van der Waals surface area contributed by atoms with Crippen LogP contribution < -0.4 is 5.32 Å². The quantitative estimate of drug-likeness (QED) is 0.702. The zero-order valence-electron chi connectivity index (χ0n) is 13.8. The van der Waals surface area contributed by atoms with Gasteiger partial charge in [-0.1, -0.05) is 44.4 Å². The number of furan rings is 1. The van der Waals surface area contributed by atoms with Crippen molar-refractivity contribution < 1.29 is 17.6 Å². The highest BCUT2D eigenvalue weighted by Gasteiger charge is 2.22. The lowest BCUT2D eigenvalue weighted by Crippen LogP contribution is -2.25. The standard InChI is InChI=1S/C18H23NO4S/c1-2-3-4-8-12-19-18(20)17-15(11-13-23-17)14-24(21,22)16-9-6-5-7-10-16/h5-7,9-11,13H,2-4,8,12,14H2,1H3,(H,19,20). The minimum atomic E-state index is -3.51. The van der Waals surface area contributed by atoms with Crippen LogP contribution in [0.2, 0.25) is 0 Å². The molecule has 2 aromatic rings. The topological polar surface area (TPSA) is 76.4 Å². The maximum absolute atomic E-state index is 12.4. The zero-order valence-corrected chi connectivity index (χ0v) is 14.6. The molecule has 0 bridgehead atoms.